The summed E-state index contributed by atoms with van der Waals surface area (Å²) in [7, 11) is 0. The van der Waals surface area contributed by atoms with E-state index in [9.17, 15) is 44.7 Å². The molecule has 2 saturated carbocycles. The molecular weight excluding hydrogens is 620 g/mol. The molecule has 2 N–H and O–H groups in total. The van der Waals surface area contributed by atoms with Crippen molar-refractivity contribution >= 4 is 17.5 Å². The maximum atomic E-state index is 14.0. The molecule has 3 atom stereocenters. The van der Waals surface area contributed by atoms with E-state index in [0.29, 0.717) is 5.69 Å². The minimum Gasteiger partial charge on any atom is -0.364 e. The Morgan fingerprint density at radius 2 is 1.82 bits per heavy atom. The molecule has 0 bridgehead atoms. The van der Waals surface area contributed by atoms with Crippen LogP contribution >= 0.6 is 0 Å². The number of nitrogens with one attached hydrogen (secondary N) is 2. The van der Waals surface area contributed by atoms with Crippen LogP contribution < -0.4 is 10.6 Å². The van der Waals surface area contributed by atoms with Crippen molar-refractivity contribution in [2.24, 2.45) is 17.8 Å². The lowest BCUT2D eigenvalue weighted by Crippen LogP contribution is -2.47. The predicted octanol–water partition coefficient (Wildman–Crippen LogP) is 5.46. The fourth-order valence-electron chi connectivity index (χ4n) is 6.35. The Morgan fingerprint density at radius 1 is 1.11 bits per heavy atom. The number of hydrogen-bond donors (Lipinski definition) is 2. The Balaban J connectivity index is 1.26. The molecule has 0 radical (unpaired) electrons. The summed E-state index contributed by atoms with van der Waals surface area (Å²) >= 11 is 0. The zero-order valence-corrected chi connectivity index (χ0v) is 23.5. The molecular formula is C28H28F8N6O3. The first-order chi connectivity index (χ1) is 21.1. The summed E-state index contributed by atoms with van der Waals surface area (Å²) in [6.45, 7) is -0.496. The van der Waals surface area contributed by atoms with Gasteiger partial charge < -0.3 is 15.2 Å². The van der Waals surface area contributed by atoms with Gasteiger partial charge in [-0.1, -0.05) is 5.16 Å². The van der Waals surface area contributed by atoms with Crippen LogP contribution in [0.1, 0.15) is 78.4 Å². The second-order valence-electron chi connectivity index (χ2n) is 12.2. The molecule has 1 saturated heterocycles. The van der Waals surface area contributed by atoms with Gasteiger partial charge in [-0.05, 0) is 50.2 Å². The quantitative estimate of drug-likeness (QED) is 0.329. The number of fused-ring (bicyclic) bond motifs is 1. The van der Waals surface area contributed by atoms with Crippen LogP contribution in [0.25, 0.3) is 5.65 Å². The maximum absolute atomic E-state index is 14.0. The minimum atomic E-state index is -4.66. The second-order valence-corrected chi connectivity index (χ2v) is 12.2. The monoisotopic (exact) mass is 648 g/mol. The van der Waals surface area contributed by atoms with Gasteiger partial charge in [-0.2, -0.15) is 31.4 Å². The molecule has 9 nitrogen and oxygen atoms in total. The minimum absolute atomic E-state index is 0.00928. The van der Waals surface area contributed by atoms with Gasteiger partial charge in [0, 0.05) is 31.7 Å². The fraction of sp³-hybridized carbons (Fsp3) is 0.607. The Kier molecular flexibility index (Phi) is 7.58. The van der Waals surface area contributed by atoms with Gasteiger partial charge in [0.15, 0.2) is 5.65 Å². The van der Waals surface area contributed by atoms with Crippen LogP contribution in [0.5, 0.6) is 0 Å². The van der Waals surface area contributed by atoms with Crippen LogP contribution in [-0.2, 0) is 16.6 Å². The molecule has 0 spiro atoms. The van der Waals surface area contributed by atoms with E-state index in [1.165, 1.54) is 22.8 Å². The van der Waals surface area contributed by atoms with Gasteiger partial charge in [0.05, 0.1) is 29.5 Å². The highest BCUT2D eigenvalue weighted by Gasteiger charge is 2.67. The van der Waals surface area contributed by atoms with Crippen LogP contribution in [0.15, 0.2) is 29.1 Å². The third-order valence-corrected chi connectivity index (χ3v) is 9.17. The molecule has 17 heteroatoms. The first-order valence-electron chi connectivity index (χ1n) is 14.5. The van der Waals surface area contributed by atoms with E-state index >= 15 is 0 Å². The van der Waals surface area contributed by atoms with E-state index in [0.717, 1.165) is 6.26 Å². The van der Waals surface area contributed by atoms with Crippen molar-refractivity contribution in [1.29, 1.82) is 0 Å². The van der Waals surface area contributed by atoms with Crippen LogP contribution in [0.4, 0.5) is 35.1 Å². The Morgan fingerprint density at radius 3 is 2.47 bits per heavy atom. The maximum Gasteiger partial charge on any atom is 0.400 e. The normalized spacial score (nSPS) is 24.3. The highest BCUT2D eigenvalue weighted by atomic mass is 19.4. The van der Waals surface area contributed by atoms with Gasteiger partial charge in [-0.25, -0.2) is 18.3 Å². The second kappa shape index (κ2) is 10.9. The number of hydrogen-bond acceptors (Lipinski definition) is 6. The average Bonchev–Trinajstić information content (AvgIpc) is 3.44. The number of imidazole rings is 1. The molecule has 45 heavy (non-hydrogen) atoms. The summed E-state index contributed by atoms with van der Waals surface area (Å²) in [6, 6.07) is 2.01. The SMILES string of the molecule is O=C(NC(c1cn2nc(CC3C[C@@H](C(F)(F)F)CNC3=O)ccc2n1)C1CCC(F)(F)CC1)c1conc1C1(C(F)(F)F)CC1. The van der Waals surface area contributed by atoms with Crippen molar-refractivity contribution < 1.29 is 49.2 Å². The van der Waals surface area contributed by atoms with Crippen LogP contribution in [0.3, 0.4) is 0 Å². The first kappa shape index (κ1) is 31.2. The lowest BCUT2D eigenvalue weighted by atomic mass is 9.81. The lowest BCUT2D eigenvalue weighted by molar-refractivity contribution is -0.183. The standard InChI is InChI=1S/C28H28F8N6O3/c29-26(30)5-3-14(4-6-26)21(39-24(44)18-13-45-41-22(18)25(7-8-25)28(34,35)36)19-12-42-20(38-19)2-1-17(40-42)10-15-9-16(27(31,32)33)11-37-23(15)43/h1-2,12-16,21H,3-11H2,(H,37,43)(H,39,44)/t15?,16-,21?/m1/s1. The number of carbonyl (C=O) groups excluding carboxylic acids is 2. The van der Waals surface area contributed by atoms with E-state index in [4.69, 9.17) is 4.52 Å². The smallest absolute Gasteiger partial charge is 0.364 e. The number of amides is 2. The Labute approximate surface area is 250 Å². The number of rotatable bonds is 7. The van der Waals surface area contributed by atoms with Crippen molar-refractivity contribution in [3.05, 3.63) is 47.2 Å². The van der Waals surface area contributed by atoms with Gasteiger partial charge in [0.2, 0.25) is 11.8 Å². The van der Waals surface area contributed by atoms with E-state index in [2.05, 4.69) is 25.9 Å². The topological polar surface area (TPSA) is 114 Å². The van der Waals surface area contributed by atoms with Gasteiger partial charge in [-0.15, -0.1) is 0 Å². The third-order valence-electron chi connectivity index (χ3n) is 9.17. The largest absolute Gasteiger partial charge is 0.400 e. The number of aromatic nitrogens is 4. The number of nitrogens with zero attached hydrogens (tertiary/aromatic N) is 4. The van der Waals surface area contributed by atoms with Gasteiger partial charge in [-0.3, -0.25) is 9.59 Å². The summed E-state index contributed by atoms with van der Waals surface area (Å²) in [5, 5.41) is 12.8. The van der Waals surface area contributed by atoms with Crippen molar-refractivity contribution in [3.63, 3.8) is 0 Å². The average molecular weight is 649 g/mol. The summed E-state index contributed by atoms with van der Waals surface area (Å²) in [6.07, 6.45) is -8.83. The number of piperidine rings is 1. The highest BCUT2D eigenvalue weighted by molar-refractivity contribution is 5.95. The van der Waals surface area contributed by atoms with Crippen LogP contribution in [0, 0.1) is 17.8 Å². The summed E-state index contributed by atoms with van der Waals surface area (Å²) in [4.78, 5) is 30.2. The molecule has 3 aliphatic rings. The van der Waals surface area contributed by atoms with Gasteiger partial charge >= 0.3 is 12.4 Å². The summed E-state index contributed by atoms with van der Waals surface area (Å²) in [5.74, 6) is -7.57. The van der Waals surface area contributed by atoms with Gasteiger partial charge in [0.1, 0.15) is 22.9 Å². The molecule has 1 aliphatic heterocycles. The zero-order chi connectivity index (χ0) is 32.4. The highest BCUT2D eigenvalue weighted by Crippen LogP contribution is 2.59. The van der Waals surface area contributed by atoms with E-state index in [1.807, 2.05) is 0 Å². The van der Waals surface area contributed by atoms with Crippen molar-refractivity contribution in [1.82, 2.24) is 30.4 Å². The van der Waals surface area contributed by atoms with Crippen molar-refractivity contribution in [2.45, 2.75) is 81.1 Å². The molecule has 2 aliphatic carbocycles. The van der Waals surface area contributed by atoms with E-state index < -0.39 is 96.4 Å². The van der Waals surface area contributed by atoms with Crippen molar-refractivity contribution in [2.75, 3.05) is 6.54 Å². The van der Waals surface area contributed by atoms with Crippen LogP contribution in [0.2, 0.25) is 0 Å². The molecule has 3 aromatic heterocycles. The lowest BCUT2D eigenvalue weighted by Gasteiger charge is -2.33. The first-order valence-corrected chi connectivity index (χ1v) is 14.5. The van der Waals surface area contributed by atoms with Crippen LogP contribution in [-0.4, -0.2) is 56.4 Å². The Bertz CT molecular complexity index is 1580. The molecule has 4 heterocycles. The zero-order valence-electron chi connectivity index (χ0n) is 23.5. The summed E-state index contributed by atoms with van der Waals surface area (Å²) in [5.41, 5.74) is -2.50. The molecule has 2 unspecified atom stereocenters. The number of alkyl halides is 8. The third kappa shape index (κ3) is 6.09. The Hall–Kier alpha value is -3.79. The van der Waals surface area contributed by atoms with E-state index in [-0.39, 0.29) is 43.4 Å². The van der Waals surface area contributed by atoms with Gasteiger partial charge in [0.25, 0.3) is 5.91 Å². The fourth-order valence-corrected chi connectivity index (χ4v) is 6.35. The molecule has 6 rings (SSSR count). The number of carbonyl (C=O) groups is 2. The molecule has 3 fully saturated rings. The number of halogens is 8. The molecule has 244 valence electrons. The molecule has 3 aromatic rings. The molecule has 2 amide bonds. The molecule has 0 aromatic carbocycles. The summed E-state index contributed by atoms with van der Waals surface area (Å²) < 4.78 is 115. The van der Waals surface area contributed by atoms with E-state index in [1.54, 1.807) is 0 Å². The van der Waals surface area contributed by atoms with Crippen molar-refractivity contribution in [3.8, 4) is 0 Å². The predicted molar refractivity (Wildman–Crippen MR) is 138 cm³/mol.